The molecule has 1 atom stereocenters. The number of hydrogen-bond acceptors (Lipinski definition) is 5. The quantitative estimate of drug-likeness (QED) is 0.277. The molecule has 1 fully saturated rings. The number of hydrogen-bond donors (Lipinski definition) is 3. The fourth-order valence-electron chi connectivity index (χ4n) is 3.71. The molecule has 1 aromatic carbocycles. The number of nitrogens with two attached hydrogens (primary N) is 1. The van der Waals surface area contributed by atoms with Gasteiger partial charge in [0, 0.05) is 31.6 Å². The SMILES string of the molecule is CN=C(NCc1cccc(CN2CCCC(C(N)=O)C2)c1)NCc1nc(C)c(C)s1.I. The van der Waals surface area contributed by atoms with Gasteiger partial charge in [-0.25, -0.2) is 4.98 Å². The zero-order valence-corrected chi connectivity index (χ0v) is 21.6. The fourth-order valence-corrected chi connectivity index (χ4v) is 4.58. The molecule has 170 valence electrons. The van der Waals surface area contributed by atoms with Gasteiger partial charge in [-0.2, -0.15) is 0 Å². The summed E-state index contributed by atoms with van der Waals surface area (Å²) in [4.78, 5) is 24.0. The maximum Gasteiger partial charge on any atom is 0.221 e. The summed E-state index contributed by atoms with van der Waals surface area (Å²) in [7, 11) is 1.77. The van der Waals surface area contributed by atoms with Crippen molar-refractivity contribution in [2.45, 2.75) is 46.3 Å². The molecule has 1 aromatic heterocycles. The van der Waals surface area contributed by atoms with Crippen molar-refractivity contribution in [2.24, 2.45) is 16.6 Å². The number of carbonyl (C=O) groups excluding carboxylic acids is 1. The van der Waals surface area contributed by atoms with E-state index in [1.165, 1.54) is 16.0 Å². The third kappa shape index (κ3) is 7.73. The van der Waals surface area contributed by atoms with Crippen LogP contribution in [0.3, 0.4) is 0 Å². The van der Waals surface area contributed by atoms with E-state index < -0.39 is 0 Å². The van der Waals surface area contributed by atoms with E-state index in [9.17, 15) is 4.79 Å². The lowest BCUT2D eigenvalue weighted by molar-refractivity contribution is -0.123. The molecule has 4 N–H and O–H groups in total. The van der Waals surface area contributed by atoms with Crippen LogP contribution < -0.4 is 16.4 Å². The van der Waals surface area contributed by atoms with Crippen molar-refractivity contribution in [2.75, 3.05) is 20.1 Å². The maximum absolute atomic E-state index is 11.5. The van der Waals surface area contributed by atoms with Crippen LogP contribution in [0.4, 0.5) is 0 Å². The highest BCUT2D eigenvalue weighted by Gasteiger charge is 2.23. The van der Waals surface area contributed by atoms with Crippen molar-refractivity contribution in [3.05, 3.63) is 51.0 Å². The Morgan fingerprint density at radius 3 is 2.71 bits per heavy atom. The van der Waals surface area contributed by atoms with E-state index in [0.717, 1.165) is 49.1 Å². The average molecular weight is 557 g/mol. The largest absolute Gasteiger partial charge is 0.369 e. The number of rotatable bonds is 7. The van der Waals surface area contributed by atoms with E-state index in [4.69, 9.17) is 5.73 Å². The van der Waals surface area contributed by atoms with E-state index in [0.29, 0.717) is 13.1 Å². The van der Waals surface area contributed by atoms with Crippen molar-refractivity contribution in [3.63, 3.8) is 0 Å². The summed E-state index contributed by atoms with van der Waals surface area (Å²) >= 11 is 1.71. The van der Waals surface area contributed by atoms with Crippen LogP contribution in [0.15, 0.2) is 29.3 Å². The number of piperidine rings is 1. The summed E-state index contributed by atoms with van der Waals surface area (Å²) in [6, 6.07) is 8.54. The average Bonchev–Trinajstić information content (AvgIpc) is 3.06. The Hall–Kier alpha value is -1.72. The van der Waals surface area contributed by atoms with E-state index in [2.05, 4.69) is 56.7 Å². The third-order valence-electron chi connectivity index (χ3n) is 5.47. The first-order valence-electron chi connectivity index (χ1n) is 10.4. The Bertz CT molecular complexity index is 880. The predicted octanol–water partition coefficient (Wildman–Crippen LogP) is 2.94. The molecule has 0 radical (unpaired) electrons. The van der Waals surface area contributed by atoms with Crippen molar-refractivity contribution in [3.8, 4) is 0 Å². The van der Waals surface area contributed by atoms with Gasteiger partial charge in [-0.1, -0.05) is 24.3 Å². The number of primary amides is 1. The Morgan fingerprint density at radius 1 is 1.29 bits per heavy atom. The number of amides is 1. The number of thiazole rings is 1. The van der Waals surface area contributed by atoms with Crippen LogP contribution >= 0.6 is 35.3 Å². The summed E-state index contributed by atoms with van der Waals surface area (Å²) in [6.45, 7) is 8.08. The summed E-state index contributed by atoms with van der Waals surface area (Å²) in [5.74, 6) is 0.550. The van der Waals surface area contributed by atoms with Gasteiger partial charge in [-0.05, 0) is 44.4 Å². The molecular weight excluding hydrogens is 523 g/mol. The van der Waals surface area contributed by atoms with Gasteiger partial charge in [0.2, 0.25) is 5.91 Å². The lowest BCUT2D eigenvalue weighted by atomic mass is 9.97. The molecule has 1 amide bonds. The van der Waals surface area contributed by atoms with Crippen molar-refractivity contribution < 1.29 is 4.79 Å². The standard InChI is InChI=1S/C22H32N6OS.HI/c1-15-16(2)30-20(27-15)12-26-22(24-3)25-11-17-6-4-7-18(10-17)13-28-9-5-8-19(14-28)21(23)29;/h4,6-7,10,19H,5,8-9,11-14H2,1-3H3,(H2,23,29)(H2,24,25,26);1H. The van der Waals surface area contributed by atoms with Crippen molar-refractivity contribution in [1.82, 2.24) is 20.5 Å². The number of nitrogens with zero attached hydrogens (tertiary/aromatic N) is 3. The van der Waals surface area contributed by atoms with Crippen LogP contribution in [-0.4, -0.2) is 41.9 Å². The zero-order valence-electron chi connectivity index (χ0n) is 18.5. The number of likely N-dealkylation sites (tertiary alicyclic amines) is 1. The molecule has 31 heavy (non-hydrogen) atoms. The highest BCUT2D eigenvalue weighted by Crippen LogP contribution is 2.19. The molecule has 2 aromatic rings. The highest BCUT2D eigenvalue weighted by molar-refractivity contribution is 14.0. The Labute approximate surface area is 205 Å². The molecule has 0 spiro atoms. The van der Waals surface area contributed by atoms with E-state index >= 15 is 0 Å². The lowest BCUT2D eigenvalue weighted by Gasteiger charge is -2.31. The Kier molecular flexibility index (Phi) is 10.2. The smallest absolute Gasteiger partial charge is 0.221 e. The minimum atomic E-state index is -0.181. The number of halogens is 1. The lowest BCUT2D eigenvalue weighted by Crippen LogP contribution is -2.40. The number of benzene rings is 1. The molecule has 0 aliphatic carbocycles. The second-order valence-electron chi connectivity index (χ2n) is 7.83. The normalized spacial score (nSPS) is 17.1. The summed E-state index contributed by atoms with van der Waals surface area (Å²) in [5, 5.41) is 7.76. The van der Waals surface area contributed by atoms with E-state index in [-0.39, 0.29) is 35.8 Å². The molecule has 1 aliphatic heterocycles. The van der Waals surface area contributed by atoms with Gasteiger partial charge in [0.25, 0.3) is 0 Å². The first-order chi connectivity index (χ1) is 14.4. The van der Waals surface area contributed by atoms with E-state index in [1.54, 1.807) is 18.4 Å². The number of nitrogens with one attached hydrogen (secondary N) is 2. The summed E-state index contributed by atoms with van der Waals surface area (Å²) in [5.41, 5.74) is 9.03. The van der Waals surface area contributed by atoms with Crippen LogP contribution in [-0.2, 0) is 24.4 Å². The van der Waals surface area contributed by atoms with Gasteiger partial charge >= 0.3 is 0 Å². The molecular formula is C22H33IN6OS. The van der Waals surface area contributed by atoms with Crippen LogP contribution in [0.1, 0.15) is 39.5 Å². The number of aliphatic imine (C=N–C) groups is 1. The maximum atomic E-state index is 11.5. The van der Waals surface area contributed by atoms with Crippen molar-refractivity contribution >= 4 is 47.2 Å². The van der Waals surface area contributed by atoms with Crippen LogP contribution in [0.5, 0.6) is 0 Å². The third-order valence-corrected chi connectivity index (χ3v) is 6.54. The second-order valence-corrected chi connectivity index (χ2v) is 9.11. The van der Waals surface area contributed by atoms with Gasteiger partial charge < -0.3 is 16.4 Å². The molecule has 9 heteroatoms. The monoisotopic (exact) mass is 556 g/mol. The fraction of sp³-hybridized carbons (Fsp3) is 0.500. The number of carbonyl (C=O) groups is 1. The van der Waals surface area contributed by atoms with E-state index in [1.807, 2.05) is 6.92 Å². The van der Waals surface area contributed by atoms with Gasteiger partial charge in [0.15, 0.2) is 5.96 Å². The molecule has 7 nitrogen and oxygen atoms in total. The van der Waals surface area contributed by atoms with Crippen LogP contribution in [0.2, 0.25) is 0 Å². The van der Waals surface area contributed by atoms with Crippen molar-refractivity contribution in [1.29, 1.82) is 0 Å². The predicted molar refractivity (Wildman–Crippen MR) is 138 cm³/mol. The Morgan fingerprint density at radius 2 is 2.03 bits per heavy atom. The highest BCUT2D eigenvalue weighted by atomic mass is 127. The number of aromatic nitrogens is 1. The van der Waals surface area contributed by atoms with Gasteiger partial charge in [0.05, 0.1) is 18.2 Å². The number of aryl methyl sites for hydroxylation is 2. The second kappa shape index (κ2) is 12.4. The van der Waals surface area contributed by atoms with Crippen LogP contribution in [0.25, 0.3) is 0 Å². The Balaban J connectivity index is 0.00000341. The first-order valence-corrected chi connectivity index (χ1v) is 11.2. The molecule has 1 saturated heterocycles. The van der Waals surface area contributed by atoms with Gasteiger partial charge in [-0.15, -0.1) is 35.3 Å². The molecule has 1 aliphatic rings. The minimum absolute atomic E-state index is 0. The topological polar surface area (TPSA) is 95.6 Å². The first kappa shape index (κ1) is 25.5. The summed E-state index contributed by atoms with van der Waals surface area (Å²) < 4.78 is 0. The molecule has 3 rings (SSSR count). The molecule has 0 bridgehead atoms. The molecule has 1 unspecified atom stereocenters. The minimum Gasteiger partial charge on any atom is -0.369 e. The van der Waals surface area contributed by atoms with Gasteiger partial charge in [0.1, 0.15) is 5.01 Å². The molecule has 2 heterocycles. The number of guanidine groups is 1. The van der Waals surface area contributed by atoms with Crippen LogP contribution in [0, 0.1) is 19.8 Å². The summed E-state index contributed by atoms with van der Waals surface area (Å²) in [6.07, 6.45) is 1.93. The zero-order chi connectivity index (χ0) is 21.5. The molecule has 0 saturated carbocycles. The van der Waals surface area contributed by atoms with Gasteiger partial charge in [-0.3, -0.25) is 14.7 Å².